The number of hydrogen-bond donors (Lipinski definition) is 0. The molecule has 0 bridgehead atoms. The molecule has 0 aliphatic carbocycles. The fourth-order valence-electron chi connectivity index (χ4n) is 2.53. The molecule has 0 aliphatic heterocycles. The number of benzene rings is 1. The van der Waals surface area contributed by atoms with Gasteiger partial charge < -0.3 is 4.90 Å². The number of ketones is 1. The lowest BCUT2D eigenvalue weighted by Crippen LogP contribution is -2.29. The third-order valence-corrected chi connectivity index (χ3v) is 6.50. The van der Waals surface area contributed by atoms with Crippen LogP contribution in [0.25, 0.3) is 4.91 Å². The lowest BCUT2D eigenvalue weighted by molar-refractivity contribution is 0.105. The second-order valence-electron chi connectivity index (χ2n) is 6.28. The molecule has 1 aromatic carbocycles. The number of allylic oxidation sites excluding steroid dienone is 1. The predicted molar refractivity (Wildman–Crippen MR) is 125 cm³/mol. The van der Waals surface area contributed by atoms with E-state index in [-0.39, 0.29) is 5.78 Å². The Morgan fingerprint density at radius 2 is 1.74 bits per heavy atom. The van der Waals surface area contributed by atoms with Gasteiger partial charge in [-0.05, 0) is 29.9 Å². The van der Waals surface area contributed by atoms with Gasteiger partial charge in [-0.1, -0.05) is 87.1 Å². The summed E-state index contributed by atoms with van der Waals surface area (Å²) in [5, 5.41) is 1.93. The van der Waals surface area contributed by atoms with Gasteiger partial charge in [0.25, 0.3) is 0 Å². The highest BCUT2D eigenvalue weighted by Gasteiger charge is 2.15. The molecule has 0 unspecified atom stereocenters. The molecule has 0 aliphatic rings. The number of rotatable bonds is 10. The highest BCUT2D eigenvalue weighted by Crippen LogP contribution is 2.31. The Balaban J connectivity index is 2.22. The molecule has 0 fully saturated rings. The number of thiocarbonyl (C=S) groups is 1. The average molecular weight is 418 g/mol. The summed E-state index contributed by atoms with van der Waals surface area (Å²) in [4.78, 5) is 16.6. The van der Waals surface area contributed by atoms with Crippen LogP contribution in [0.1, 0.15) is 54.8 Å². The average Bonchev–Trinajstić information content (AvgIpc) is 3.23. The third-order valence-electron chi connectivity index (χ3n) is 4.10. The van der Waals surface area contributed by atoms with Crippen molar-refractivity contribution in [3.63, 3.8) is 0 Å². The zero-order valence-electron chi connectivity index (χ0n) is 16.0. The summed E-state index contributed by atoms with van der Waals surface area (Å²) in [6.45, 7) is 6.35. The van der Waals surface area contributed by atoms with Gasteiger partial charge in [-0.2, -0.15) is 0 Å². The SMILES string of the molecule is CCCCN(CCCC)C(=S)S/C(=C/C(=O)c1cccs1)c1ccccc1. The molecule has 144 valence electrons. The fraction of sp³-hybridized carbons (Fsp3) is 0.364. The minimum atomic E-state index is 0.0350. The Labute approximate surface area is 176 Å². The van der Waals surface area contributed by atoms with Crippen LogP contribution in [0, 0.1) is 0 Å². The van der Waals surface area contributed by atoms with Gasteiger partial charge in [0.05, 0.1) is 4.88 Å². The number of hydrogen-bond acceptors (Lipinski definition) is 4. The summed E-state index contributed by atoms with van der Waals surface area (Å²) in [6, 6.07) is 13.8. The molecule has 0 saturated heterocycles. The van der Waals surface area contributed by atoms with E-state index in [0.29, 0.717) is 0 Å². The quantitative estimate of drug-likeness (QED) is 0.238. The second-order valence-corrected chi connectivity index (χ2v) is 8.90. The topological polar surface area (TPSA) is 20.3 Å². The van der Waals surface area contributed by atoms with E-state index >= 15 is 0 Å². The van der Waals surface area contributed by atoms with Crippen molar-refractivity contribution in [2.45, 2.75) is 39.5 Å². The van der Waals surface area contributed by atoms with E-state index < -0.39 is 0 Å². The van der Waals surface area contributed by atoms with Gasteiger partial charge in [0.15, 0.2) is 5.78 Å². The number of nitrogens with zero attached hydrogens (tertiary/aromatic N) is 1. The van der Waals surface area contributed by atoms with Gasteiger partial charge >= 0.3 is 0 Å². The number of carbonyl (C=O) groups is 1. The van der Waals surface area contributed by atoms with Crippen LogP contribution in [0.2, 0.25) is 0 Å². The van der Waals surface area contributed by atoms with Crippen molar-refractivity contribution < 1.29 is 4.79 Å². The summed E-state index contributed by atoms with van der Waals surface area (Å²) in [7, 11) is 0. The smallest absolute Gasteiger partial charge is 0.196 e. The Morgan fingerprint density at radius 1 is 1.07 bits per heavy atom. The van der Waals surface area contributed by atoms with Gasteiger partial charge in [-0.3, -0.25) is 4.79 Å². The normalized spacial score (nSPS) is 11.4. The zero-order chi connectivity index (χ0) is 19.5. The maximum absolute atomic E-state index is 12.6. The summed E-state index contributed by atoms with van der Waals surface area (Å²) >= 11 is 8.77. The molecule has 0 radical (unpaired) electrons. The fourth-order valence-corrected chi connectivity index (χ4v) is 4.54. The first-order valence-corrected chi connectivity index (χ1v) is 11.6. The van der Waals surface area contributed by atoms with E-state index in [1.807, 2.05) is 47.8 Å². The second kappa shape index (κ2) is 12.1. The van der Waals surface area contributed by atoms with Crippen LogP contribution in [0.5, 0.6) is 0 Å². The van der Waals surface area contributed by atoms with E-state index in [1.165, 1.54) is 23.1 Å². The first-order valence-electron chi connectivity index (χ1n) is 9.47. The Morgan fingerprint density at radius 3 is 2.30 bits per heavy atom. The first kappa shape index (κ1) is 21.9. The van der Waals surface area contributed by atoms with E-state index in [0.717, 1.165) is 58.4 Å². The maximum Gasteiger partial charge on any atom is 0.196 e. The van der Waals surface area contributed by atoms with E-state index in [9.17, 15) is 4.79 Å². The van der Waals surface area contributed by atoms with Crippen molar-refractivity contribution in [2.24, 2.45) is 0 Å². The molecule has 0 amide bonds. The molecule has 0 atom stereocenters. The zero-order valence-corrected chi connectivity index (χ0v) is 18.5. The lowest BCUT2D eigenvalue weighted by atomic mass is 10.2. The Bertz CT molecular complexity index is 730. The van der Waals surface area contributed by atoms with Crippen LogP contribution >= 0.6 is 35.3 Å². The minimum absolute atomic E-state index is 0.0350. The van der Waals surface area contributed by atoms with Crippen LogP contribution in [0.4, 0.5) is 0 Å². The molecule has 27 heavy (non-hydrogen) atoms. The third kappa shape index (κ3) is 7.24. The molecule has 1 heterocycles. The summed E-state index contributed by atoms with van der Waals surface area (Å²) in [5.74, 6) is 0.0350. The Hall–Kier alpha value is -1.43. The highest BCUT2D eigenvalue weighted by molar-refractivity contribution is 8.29. The molecule has 2 aromatic rings. The van der Waals surface area contributed by atoms with Gasteiger partial charge in [0.2, 0.25) is 0 Å². The van der Waals surface area contributed by atoms with Crippen LogP contribution < -0.4 is 0 Å². The number of unbranched alkanes of at least 4 members (excludes halogenated alkanes) is 2. The van der Waals surface area contributed by atoms with Gasteiger partial charge in [0.1, 0.15) is 4.32 Å². The molecule has 0 spiro atoms. The van der Waals surface area contributed by atoms with Crippen LogP contribution in [0.15, 0.2) is 53.9 Å². The van der Waals surface area contributed by atoms with Crippen molar-refractivity contribution in [3.8, 4) is 0 Å². The van der Waals surface area contributed by atoms with E-state index in [1.54, 1.807) is 6.08 Å². The highest BCUT2D eigenvalue weighted by atomic mass is 32.2. The first-order chi connectivity index (χ1) is 13.2. The monoisotopic (exact) mass is 417 g/mol. The summed E-state index contributed by atoms with van der Waals surface area (Å²) < 4.78 is 0.853. The molecule has 2 rings (SSSR count). The lowest BCUT2D eigenvalue weighted by Gasteiger charge is -2.25. The largest absolute Gasteiger partial charge is 0.357 e. The van der Waals surface area contributed by atoms with Crippen LogP contribution in [0.3, 0.4) is 0 Å². The van der Waals surface area contributed by atoms with E-state index in [4.69, 9.17) is 12.2 Å². The minimum Gasteiger partial charge on any atom is -0.357 e. The Kier molecular flexibility index (Phi) is 9.81. The van der Waals surface area contributed by atoms with E-state index in [2.05, 4.69) is 18.7 Å². The molecular weight excluding hydrogens is 390 g/mol. The van der Waals surface area contributed by atoms with Gasteiger partial charge in [-0.15, -0.1) is 11.3 Å². The van der Waals surface area contributed by atoms with Crippen molar-refractivity contribution in [2.75, 3.05) is 13.1 Å². The van der Waals surface area contributed by atoms with Crippen LogP contribution in [-0.4, -0.2) is 28.1 Å². The molecule has 0 saturated carbocycles. The molecule has 1 aromatic heterocycles. The molecule has 0 N–H and O–H groups in total. The number of thiophene rings is 1. The van der Waals surface area contributed by atoms with Crippen molar-refractivity contribution in [1.29, 1.82) is 0 Å². The summed E-state index contributed by atoms with van der Waals surface area (Å²) in [6.07, 6.45) is 6.28. The molecule has 5 heteroatoms. The van der Waals surface area contributed by atoms with Gasteiger partial charge in [0, 0.05) is 24.1 Å². The van der Waals surface area contributed by atoms with Gasteiger partial charge in [-0.25, -0.2) is 0 Å². The van der Waals surface area contributed by atoms with Crippen LogP contribution in [-0.2, 0) is 0 Å². The summed E-state index contributed by atoms with van der Waals surface area (Å²) in [5.41, 5.74) is 1.03. The molecule has 2 nitrogen and oxygen atoms in total. The molecular formula is C22H27NOS3. The standard InChI is InChI=1S/C22H27NOS3/c1-3-5-14-23(15-6-4-2)22(25)27-21(18-11-8-7-9-12-18)17-19(24)20-13-10-16-26-20/h7-13,16-17H,3-6,14-15H2,1-2H3/b21-17+. The number of thioether (sulfide) groups is 1. The maximum atomic E-state index is 12.6. The van der Waals surface area contributed by atoms with Crippen molar-refractivity contribution in [1.82, 2.24) is 4.90 Å². The van der Waals surface area contributed by atoms with Crippen molar-refractivity contribution in [3.05, 3.63) is 64.4 Å². The number of carbonyl (C=O) groups excluding carboxylic acids is 1. The van der Waals surface area contributed by atoms with Crippen molar-refractivity contribution >= 4 is 50.3 Å². The predicted octanol–water partition coefficient (Wildman–Crippen LogP) is 6.89.